The highest BCUT2D eigenvalue weighted by molar-refractivity contribution is 14.1. The van der Waals surface area contributed by atoms with Gasteiger partial charge in [-0.25, -0.2) is 4.79 Å². The van der Waals surface area contributed by atoms with E-state index in [1.165, 1.54) is 7.11 Å². The van der Waals surface area contributed by atoms with Crippen LogP contribution in [0.1, 0.15) is 10.4 Å². The lowest BCUT2D eigenvalue weighted by atomic mass is 10.1. The molecule has 1 aromatic carbocycles. The van der Waals surface area contributed by atoms with E-state index < -0.39 is 0 Å². The van der Waals surface area contributed by atoms with Gasteiger partial charge < -0.3 is 9.15 Å². The smallest absolute Gasteiger partial charge is 0.338 e. The molecule has 16 heavy (non-hydrogen) atoms. The number of esters is 1. The van der Waals surface area contributed by atoms with Gasteiger partial charge in [0.25, 0.3) is 0 Å². The van der Waals surface area contributed by atoms with Gasteiger partial charge in [-0.2, -0.15) is 0 Å². The van der Waals surface area contributed by atoms with Gasteiger partial charge in [0.1, 0.15) is 5.76 Å². The number of rotatable bonds is 2. The Morgan fingerprint density at radius 3 is 2.75 bits per heavy atom. The summed E-state index contributed by atoms with van der Waals surface area (Å²) in [7, 11) is 1.37. The first kappa shape index (κ1) is 11.2. The van der Waals surface area contributed by atoms with Crippen molar-refractivity contribution < 1.29 is 13.9 Å². The Hall–Kier alpha value is -1.30. The van der Waals surface area contributed by atoms with Crippen molar-refractivity contribution >= 4 is 28.6 Å². The number of ether oxygens (including phenoxy) is 1. The van der Waals surface area contributed by atoms with Crippen LogP contribution in [0.4, 0.5) is 0 Å². The maximum absolute atomic E-state index is 11.5. The molecule has 0 unspecified atom stereocenters. The van der Waals surface area contributed by atoms with Crippen LogP contribution in [0, 0.1) is 3.57 Å². The fraction of sp³-hybridized carbons (Fsp3) is 0.0833. The molecule has 0 bridgehead atoms. The Kier molecular flexibility index (Phi) is 3.28. The second kappa shape index (κ2) is 4.69. The number of furan rings is 1. The van der Waals surface area contributed by atoms with Crippen molar-refractivity contribution in [1.29, 1.82) is 0 Å². The highest BCUT2D eigenvalue weighted by Crippen LogP contribution is 2.28. The van der Waals surface area contributed by atoms with E-state index in [0.717, 1.165) is 14.9 Å². The second-order valence-corrected chi connectivity index (χ2v) is 4.21. The summed E-state index contributed by atoms with van der Waals surface area (Å²) >= 11 is 2.12. The van der Waals surface area contributed by atoms with E-state index in [1.807, 2.05) is 24.3 Å². The van der Waals surface area contributed by atoms with Gasteiger partial charge in [-0.15, -0.1) is 0 Å². The van der Waals surface area contributed by atoms with E-state index in [4.69, 9.17) is 9.15 Å². The fourth-order valence-corrected chi connectivity index (χ4v) is 2.27. The molecule has 0 atom stereocenters. The molecule has 0 saturated carbocycles. The minimum absolute atomic E-state index is 0.335. The Balaban J connectivity index is 2.53. The average molecular weight is 328 g/mol. The third kappa shape index (κ3) is 1.97. The molecule has 0 aliphatic rings. The van der Waals surface area contributed by atoms with Crippen molar-refractivity contribution in [2.24, 2.45) is 0 Å². The molecular formula is C12H9IO3. The van der Waals surface area contributed by atoms with Crippen LogP contribution in [0.3, 0.4) is 0 Å². The summed E-state index contributed by atoms with van der Waals surface area (Å²) in [5, 5.41) is 0. The maximum atomic E-state index is 11.5. The maximum Gasteiger partial charge on any atom is 0.338 e. The number of methoxy groups -OCH3 is 1. The summed E-state index contributed by atoms with van der Waals surface area (Å²) in [5.74, 6) is 0.410. The van der Waals surface area contributed by atoms with Gasteiger partial charge in [-0.05, 0) is 40.8 Å². The van der Waals surface area contributed by atoms with Gasteiger partial charge >= 0.3 is 5.97 Å². The zero-order chi connectivity index (χ0) is 11.5. The standard InChI is InChI=1S/C12H9IO3/c1-15-12(14)9-5-2-4-8(11(9)13)10-6-3-7-16-10/h2-7H,1H3. The first-order chi connectivity index (χ1) is 7.74. The molecule has 0 saturated heterocycles. The number of benzene rings is 1. The molecule has 0 spiro atoms. The normalized spacial score (nSPS) is 10.1. The van der Waals surface area contributed by atoms with Crippen LogP contribution >= 0.6 is 22.6 Å². The molecule has 0 amide bonds. The Labute approximate surface area is 107 Å². The van der Waals surface area contributed by atoms with Crippen molar-refractivity contribution in [3.8, 4) is 11.3 Å². The summed E-state index contributed by atoms with van der Waals surface area (Å²) in [6.07, 6.45) is 1.61. The molecular weight excluding hydrogens is 319 g/mol. The molecule has 4 heteroatoms. The summed E-state index contributed by atoms with van der Waals surface area (Å²) < 4.78 is 10.9. The summed E-state index contributed by atoms with van der Waals surface area (Å²) in [4.78, 5) is 11.5. The molecule has 1 aromatic heterocycles. The van der Waals surface area contributed by atoms with Crippen LogP contribution in [0.15, 0.2) is 41.0 Å². The van der Waals surface area contributed by atoms with E-state index >= 15 is 0 Å². The molecule has 0 aliphatic heterocycles. The van der Waals surface area contributed by atoms with Gasteiger partial charge in [-0.3, -0.25) is 0 Å². The van der Waals surface area contributed by atoms with Gasteiger partial charge in [0.15, 0.2) is 0 Å². The quantitative estimate of drug-likeness (QED) is 0.627. The van der Waals surface area contributed by atoms with Crippen LogP contribution in [-0.4, -0.2) is 13.1 Å². The largest absolute Gasteiger partial charge is 0.465 e. The monoisotopic (exact) mass is 328 g/mol. The Bertz CT molecular complexity index is 503. The van der Waals surface area contributed by atoms with E-state index in [0.29, 0.717) is 5.56 Å². The molecule has 82 valence electrons. The Morgan fingerprint density at radius 1 is 1.31 bits per heavy atom. The van der Waals surface area contributed by atoms with E-state index in [1.54, 1.807) is 12.3 Å². The predicted molar refractivity (Wildman–Crippen MR) is 68.2 cm³/mol. The van der Waals surface area contributed by atoms with Crippen molar-refractivity contribution in [3.63, 3.8) is 0 Å². The summed E-state index contributed by atoms with van der Waals surface area (Å²) in [6, 6.07) is 9.13. The van der Waals surface area contributed by atoms with Crippen molar-refractivity contribution in [3.05, 3.63) is 45.7 Å². The summed E-state index contributed by atoms with van der Waals surface area (Å²) in [6.45, 7) is 0. The Morgan fingerprint density at radius 2 is 2.12 bits per heavy atom. The first-order valence-corrected chi connectivity index (χ1v) is 5.72. The number of hydrogen-bond donors (Lipinski definition) is 0. The third-order valence-electron chi connectivity index (χ3n) is 2.19. The van der Waals surface area contributed by atoms with E-state index in [-0.39, 0.29) is 5.97 Å². The zero-order valence-corrected chi connectivity index (χ0v) is 10.7. The summed E-state index contributed by atoms with van der Waals surface area (Å²) in [5.41, 5.74) is 1.45. The fourth-order valence-electron chi connectivity index (χ4n) is 1.42. The minimum Gasteiger partial charge on any atom is -0.465 e. The van der Waals surface area contributed by atoms with Gasteiger partial charge in [0, 0.05) is 9.13 Å². The molecule has 0 N–H and O–H groups in total. The van der Waals surface area contributed by atoms with Gasteiger partial charge in [-0.1, -0.05) is 12.1 Å². The van der Waals surface area contributed by atoms with Crippen LogP contribution in [0.25, 0.3) is 11.3 Å². The topological polar surface area (TPSA) is 39.4 Å². The molecule has 2 rings (SSSR count). The number of halogens is 1. The van der Waals surface area contributed by atoms with Crippen LogP contribution in [0.5, 0.6) is 0 Å². The van der Waals surface area contributed by atoms with Crippen molar-refractivity contribution in [1.82, 2.24) is 0 Å². The molecule has 1 heterocycles. The lowest BCUT2D eigenvalue weighted by molar-refractivity contribution is 0.0599. The van der Waals surface area contributed by atoms with Crippen molar-refractivity contribution in [2.45, 2.75) is 0 Å². The van der Waals surface area contributed by atoms with E-state index in [2.05, 4.69) is 22.6 Å². The number of carbonyl (C=O) groups excluding carboxylic acids is 1. The lowest BCUT2D eigenvalue weighted by Crippen LogP contribution is -2.04. The molecule has 0 aliphatic carbocycles. The minimum atomic E-state index is -0.335. The number of hydrogen-bond acceptors (Lipinski definition) is 3. The molecule has 0 radical (unpaired) electrons. The van der Waals surface area contributed by atoms with Crippen molar-refractivity contribution in [2.75, 3.05) is 7.11 Å². The van der Waals surface area contributed by atoms with E-state index in [9.17, 15) is 4.79 Å². The van der Waals surface area contributed by atoms with Crippen LogP contribution < -0.4 is 0 Å². The van der Waals surface area contributed by atoms with Gasteiger partial charge in [0.05, 0.1) is 18.9 Å². The second-order valence-electron chi connectivity index (χ2n) is 3.14. The lowest BCUT2D eigenvalue weighted by Gasteiger charge is -2.06. The molecule has 0 fully saturated rings. The first-order valence-electron chi connectivity index (χ1n) is 4.64. The predicted octanol–water partition coefficient (Wildman–Crippen LogP) is 3.34. The molecule has 2 aromatic rings. The average Bonchev–Trinajstić information content (AvgIpc) is 2.82. The number of carbonyl (C=O) groups is 1. The van der Waals surface area contributed by atoms with Gasteiger partial charge in [0.2, 0.25) is 0 Å². The van der Waals surface area contributed by atoms with Crippen LogP contribution in [0.2, 0.25) is 0 Å². The highest BCUT2D eigenvalue weighted by atomic mass is 127. The zero-order valence-electron chi connectivity index (χ0n) is 8.57. The SMILES string of the molecule is COC(=O)c1cccc(-c2ccco2)c1I. The third-order valence-corrected chi connectivity index (χ3v) is 3.35. The molecule has 3 nitrogen and oxygen atoms in total. The highest BCUT2D eigenvalue weighted by Gasteiger charge is 2.14. The van der Waals surface area contributed by atoms with Crippen LogP contribution in [-0.2, 0) is 4.74 Å².